The first kappa shape index (κ1) is 17.2. The Balaban J connectivity index is 1.92. The molecule has 1 aliphatic rings. The lowest BCUT2D eigenvalue weighted by Gasteiger charge is -2.25. The summed E-state index contributed by atoms with van der Waals surface area (Å²) in [5.74, 6) is 2.01. The quantitative estimate of drug-likeness (QED) is 0.686. The molecule has 0 heterocycles. The smallest absolute Gasteiger partial charge is 0.119 e. The molecule has 0 saturated carbocycles. The maximum atomic E-state index is 9.71. The fourth-order valence-electron chi connectivity index (χ4n) is 3.73. The van der Waals surface area contributed by atoms with Crippen molar-refractivity contribution in [1.82, 2.24) is 0 Å². The van der Waals surface area contributed by atoms with Gasteiger partial charge in [-0.2, -0.15) is 0 Å². The van der Waals surface area contributed by atoms with Gasteiger partial charge in [-0.05, 0) is 82.6 Å². The summed E-state index contributed by atoms with van der Waals surface area (Å²) in [5, 5.41) is 9.71. The molecule has 0 bridgehead atoms. The van der Waals surface area contributed by atoms with Gasteiger partial charge < -0.3 is 14.6 Å². The normalized spacial score (nSPS) is 13.3. The topological polar surface area (TPSA) is 38.7 Å². The Morgan fingerprint density at radius 2 is 1.33 bits per heavy atom. The first-order chi connectivity index (χ1) is 13.2. The van der Waals surface area contributed by atoms with Crippen molar-refractivity contribution < 1.29 is 14.6 Å². The predicted octanol–water partition coefficient (Wildman–Crippen LogP) is 5.31. The van der Waals surface area contributed by atoms with Crippen LogP contribution in [0, 0.1) is 0 Å². The van der Waals surface area contributed by atoms with E-state index in [1.165, 1.54) is 27.8 Å². The Morgan fingerprint density at radius 1 is 0.704 bits per heavy atom. The van der Waals surface area contributed by atoms with Crippen LogP contribution in [0.2, 0.25) is 0 Å². The zero-order chi connectivity index (χ0) is 18.8. The average molecular weight is 358 g/mol. The fraction of sp³-hybridized carbons (Fsp3) is 0.167. The third-order valence-corrected chi connectivity index (χ3v) is 5.12. The third-order valence-electron chi connectivity index (χ3n) is 5.12. The molecule has 0 amide bonds. The third kappa shape index (κ3) is 3.28. The first-order valence-corrected chi connectivity index (χ1v) is 9.04. The Bertz CT molecular complexity index is 983. The van der Waals surface area contributed by atoms with E-state index in [0.29, 0.717) is 0 Å². The van der Waals surface area contributed by atoms with Gasteiger partial charge in [-0.1, -0.05) is 30.3 Å². The summed E-state index contributed by atoms with van der Waals surface area (Å²) in [6.45, 7) is 0. The fourth-order valence-corrected chi connectivity index (χ4v) is 3.73. The zero-order valence-electron chi connectivity index (χ0n) is 15.5. The minimum Gasteiger partial charge on any atom is -0.508 e. The SMILES string of the molecule is COc1ccc(C2=C(c3ccc(O)cc3)c3ccc(OC)cc3CC2)cc1. The van der Waals surface area contributed by atoms with Crippen molar-refractivity contribution in [3.05, 3.63) is 89.0 Å². The second kappa shape index (κ2) is 7.20. The molecule has 27 heavy (non-hydrogen) atoms. The highest BCUT2D eigenvalue weighted by molar-refractivity contribution is 6.00. The molecule has 0 saturated heterocycles. The summed E-state index contributed by atoms with van der Waals surface area (Å²) in [6, 6.07) is 21.9. The number of phenols is 1. The molecule has 3 nitrogen and oxygen atoms in total. The van der Waals surface area contributed by atoms with Crippen LogP contribution in [0.25, 0.3) is 11.1 Å². The number of rotatable bonds is 4. The Hall–Kier alpha value is -3.20. The lowest BCUT2D eigenvalue weighted by Crippen LogP contribution is -2.06. The van der Waals surface area contributed by atoms with E-state index in [-0.39, 0.29) is 5.75 Å². The average Bonchev–Trinajstić information content (AvgIpc) is 2.73. The highest BCUT2D eigenvalue weighted by atomic mass is 16.5. The van der Waals surface area contributed by atoms with E-state index in [0.717, 1.165) is 29.9 Å². The van der Waals surface area contributed by atoms with E-state index in [1.54, 1.807) is 26.4 Å². The summed E-state index contributed by atoms with van der Waals surface area (Å²) in [7, 11) is 3.38. The number of fused-ring (bicyclic) bond motifs is 1. The van der Waals surface area contributed by atoms with Gasteiger partial charge in [0.15, 0.2) is 0 Å². The standard InChI is InChI=1S/C24H22O3/c1-26-20-10-5-16(6-11-20)22-13-7-18-15-21(27-2)12-14-23(18)24(22)17-3-8-19(25)9-4-17/h3-6,8-12,14-15,25H,7,13H2,1-2H3. The molecule has 3 aromatic carbocycles. The van der Waals surface area contributed by atoms with Gasteiger partial charge in [0.1, 0.15) is 17.2 Å². The number of allylic oxidation sites excluding steroid dienone is 1. The maximum Gasteiger partial charge on any atom is 0.119 e. The molecule has 1 aliphatic carbocycles. The Labute approximate surface area is 159 Å². The summed E-state index contributed by atoms with van der Waals surface area (Å²) < 4.78 is 10.7. The highest BCUT2D eigenvalue weighted by Gasteiger charge is 2.22. The van der Waals surface area contributed by atoms with Crippen molar-refractivity contribution in [3.8, 4) is 17.2 Å². The molecule has 0 radical (unpaired) electrons. The van der Waals surface area contributed by atoms with Crippen LogP contribution in [0.1, 0.15) is 28.7 Å². The molecule has 0 spiro atoms. The predicted molar refractivity (Wildman–Crippen MR) is 108 cm³/mol. The molecule has 1 N–H and O–H groups in total. The lowest BCUT2D eigenvalue weighted by molar-refractivity contribution is 0.414. The number of hydrogen-bond donors (Lipinski definition) is 1. The number of hydrogen-bond acceptors (Lipinski definition) is 3. The molecular weight excluding hydrogens is 336 g/mol. The van der Waals surface area contributed by atoms with Gasteiger partial charge in [0.25, 0.3) is 0 Å². The first-order valence-electron chi connectivity index (χ1n) is 9.04. The number of ether oxygens (including phenoxy) is 2. The number of benzene rings is 3. The van der Waals surface area contributed by atoms with Crippen molar-refractivity contribution in [2.45, 2.75) is 12.8 Å². The van der Waals surface area contributed by atoms with E-state index in [2.05, 4.69) is 24.3 Å². The molecular formula is C24H22O3. The van der Waals surface area contributed by atoms with E-state index in [4.69, 9.17) is 9.47 Å². The molecule has 136 valence electrons. The zero-order valence-corrected chi connectivity index (χ0v) is 15.5. The summed E-state index contributed by atoms with van der Waals surface area (Å²) in [5.41, 5.74) is 7.32. The molecule has 0 atom stereocenters. The van der Waals surface area contributed by atoms with E-state index in [1.807, 2.05) is 30.3 Å². The van der Waals surface area contributed by atoms with Gasteiger partial charge in [0.2, 0.25) is 0 Å². The largest absolute Gasteiger partial charge is 0.508 e. The van der Waals surface area contributed by atoms with E-state index >= 15 is 0 Å². The maximum absolute atomic E-state index is 9.71. The van der Waals surface area contributed by atoms with Crippen LogP contribution in [0.3, 0.4) is 0 Å². The van der Waals surface area contributed by atoms with E-state index < -0.39 is 0 Å². The van der Waals surface area contributed by atoms with Crippen molar-refractivity contribution in [1.29, 1.82) is 0 Å². The Kier molecular flexibility index (Phi) is 4.59. The molecule has 3 aromatic rings. The van der Waals surface area contributed by atoms with Gasteiger partial charge in [-0.3, -0.25) is 0 Å². The second-order valence-electron chi connectivity index (χ2n) is 6.65. The minimum absolute atomic E-state index is 0.274. The summed E-state index contributed by atoms with van der Waals surface area (Å²) in [6.07, 6.45) is 1.91. The van der Waals surface area contributed by atoms with Crippen LogP contribution in [-0.2, 0) is 6.42 Å². The number of aromatic hydroxyl groups is 1. The molecule has 0 fully saturated rings. The van der Waals surface area contributed by atoms with Gasteiger partial charge in [-0.25, -0.2) is 0 Å². The van der Waals surface area contributed by atoms with Gasteiger partial charge >= 0.3 is 0 Å². The van der Waals surface area contributed by atoms with Crippen molar-refractivity contribution in [2.75, 3.05) is 14.2 Å². The number of phenolic OH excluding ortho intramolecular Hbond substituents is 1. The van der Waals surface area contributed by atoms with Crippen LogP contribution in [0.5, 0.6) is 17.2 Å². The molecule has 3 heteroatoms. The van der Waals surface area contributed by atoms with Crippen LogP contribution in [-0.4, -0.2) is 19.3 Å². The number of aryl methyl sites for hydroxylation is 1. The van der Waals surface area contributed by atoms with E-state index in [9.17, 15) is 5.11 Å². The number of methoxy groups -OCH3 is 2. The van der Waals surface area contributed by atoms with Crippen LogP contribution < -0.4 is 9.47 Å². The van der Waals surface area contributed by atoms with Gasteiger partial charge in [0, 0.05) is 0 Å². The highest BCUT2D eigenvalue weighted by Crippen LogP contribution is 2.42. The summed E-state index contributed by atoms with van der Waals surface area (Å²) >= 11 is 0. The monoisotopic (exact) mass is 358 g/mol. The van der Waals surface area contributed by atoms with Crippen LogP contribution in [0.15, 0.2) is 66.7 Å². The van der Waals surface area contributed by atoms with Crippen LogP contribution >= 0.6 is 0 Å². The minimum atomic E-state index is 0.274. The summed E-state index contributed by atoms with van der Waals surface area (Å²) in [4.78, 5) is 0. The van der Waals surface area contributed by atoms with Crippen LogP contribution in [0.4, 0.5) is 0 Å². The van der Waals surface area contributed by atoms with Crippen molar-refractivity contribution >= 4 is 11.1 Å². The van der Waals surface area contributed by atoms with Gasteiger partial charge in [0.05, 0.1) is 14.2 Å². The molecule has 4 rings (SSSR count). The van der Waals surface area contributed by atoms with Gasteiger partial charge in [-0.15, -0.1) is 0 Å². The second-order valence-corrected chi connectivity index (χ2v) is 6.65. The Morgan fingerprint density at radius 3 is 2.00 bits per heavy atom. The van der Waals surface area contributed by atoms with Crippen molar-refractivity contribution in [3.63, 3.8) is 0 Å². The molecule has 0 unspecified atom stereocenters. The van der Waals surface area contributed by atoms with Crippen molar-refractivity contribution in [2.24, 2.45) is 0 Å². The lowest BCUT2D eigenvalue weighted by atomic mass is 9.79. The molecule has 0 aromatic heterocycles. The molecule has 0 aliphatic heterocycles.